The molecule has 5 aliphatic rings. The van der Waals surface area contributed by atoms with Gasteiger partial charge >= 0.3 is 0 Å². The van der Waals surface area contributed by atoms with Gasteiger partial charge in [0.05, 0.1) is 17.0 Å². The molecule has 1 saturated heterocycles. The fourth-order valence-corrected chi connectivity index (χ4v) is 7.08. The van der Waals surface area contributed by atoms with Gasteiger partial charge in [-0.1, -0.05) is 41.9 Å². The highest BCUT2D eigenvalue weighted by Gasteiger charge is 2.56. The lowest BCUT2D eigenvalue weighted by atomic mass is 9.76. The van der Waals surface area contributed by atoms with Gasteiger partial charge in [0.25, 0.3) is 0 Å². The van der Waals surface area contributed by atoms with E-state index in [1.165, 1.54) is 13.1 Å². The highest BCUT2D eigenvalue weighted by Crippen LogP contribution is 2.59. The molecule has 5 nitrogen and oxygen atoms in total. The Hall–Kier alpha value is -2.90. The molecule has 3 heterocycles. The summed E-state index contributed by atoms with van der Waals surface area (Å²) in [5, 5.41) is 6.03. The first-order valence-corrected chi connectivity index (χ1v) is 13.3. The lowest BCUT2D eigenvalue weighted by Gasteiger charge is -2.35. The zero-order valence-electron chi connectivity index (χ0n) is 20.4. The second-order valence-corrected chi connectivity index (χ2v) is 11.0. The van der Waals surface area contributed by atoms with Gasteiger partial charge in [-0.25, -0.2) is 8.78 Å². The Labute approximate surface area is 218 Å². The predicted molar refractivity (Wildman–Crippen MR) is 135 cm³/mol. The van der Waals surface area contributed by atoms with E-state index in [9.17, 15) is 4.79 Å². The van der Waals surface area contributed by atoms with Crippen molar-refractivity contribution in [3.63, 3.8) is 0 Å². The Kier molecular flexibility index (Phi) is 5.21. The zero-order chi connectivity index (χ0) is 25.5. The summed E-state index contributed by atoms with van der Waals surface area (Å²) in [4.78, 5) is 13.1. The maximum Gasteiger partial charge on any atom is 0.227 e. The minimum atomic E-state index is -0.888. The maximum atomic E-state index is 16.4. The van der Waals surface area contributed by atoms with Crippen LogP contribution in [-0.2, 0) is 21.6 Å². The number of benzene rings is 2. The first-order valence-electron chi connectivity index (χ1n) is 12.9. The van der Waals surface area contributed by atoms with Crippen LogP contribution in [0.15, 0.2) is 53.6 Å². The monoisotopic (exact) mass is 524 g/mol. The Balaban J connectivity index is 1.43. The average Bonchev–Trinajstić information content (AvgIpc) is 3.27. The molecule has 2 aliphatic carbocycles. The smallest absolute Gasteiger partial charge is 0.227 e. The number of carbonyl (C=O) groups is 1. The number of hydrogen-bond acceptors (Lipinski definition) is 4. The van der Waals surface area contributed by atoms with Crippen LogP contribution < -0.4 is 15.4 Å². The maximum absolute atomic E-state index is 16.4. The first-order chi connectivity index (χ1) is 17.9. The van der Waals surface area contributed by atoms with Crippen LogP contribution in [0.1, 0.15) is 42.4 Å². The van der Waals surface area contributed by atoms with Gasteiger partial charge in [0.2, 0.25) is 5.91 Å². The van der Waals surface area contributed by atoms with Crippen molar-refractivity contribution < 1.29 is 23.0 Å². The second-order valence-electron chi connectivity index (χ2n) is 10.6. The van der Waals surface area contributed by atoms with Crippen LogP contribution in [-0.4, -0.2) is 31.6 Å². The molecule has 192 valence electrons. The van der Waals surface area contributed by atoms with Gasteiger partial charge in [-0.3, -0.25) is 4.79 Å². The Morgan fingerprint density at radius 3 is 2.76 bits per heavy atom. The number of amides is 1. The SMILES string of the molecule is CNC(=O)C1CC2=C(C(F)=C1c1c(Cl)c(F)cc3c1C[C@](c1ccccc1)([C@@H]1CCCN1)O3)C1CC1O2. The molecular weight excluding hydrogens is 498 g/mol. The number of hydrogen-bond donors (Lipinski definition) is 2. The van der Waals surface area contributed by atoms with Gasteiger partial charge in [-0.15, -0.1) is 0 Å². The van der Waals surface area contributed by atoms with Crippen molar-refractivity contribution in [2.75, 3.05) is 13.6 Å². The molecule has 2 N–H and O–H groups in total. The summed E-state index contributed by atoms with van der Waals surface area (Å²) in [7, 11) is 1.52. The Morgan fingerprint density at radius 2 is 2.03 bits per heavy atom. The van der Waals surface area contributed by atoms with E-state index in [1.807, 2.05) is 30.3 Å². The molecule has 5 atom stereocenters. The molecule has 2 aromatic carbocycles. The number of allylic oxidation sites excluding steroid dienone is 2. The van der Waals surface area contributed by atoms with Crippen LogP contribution in [0.5, 0.6) is 5.75 Å². The van der Waals surface area contributed by atoms with Crippen LogP contribution in [0, 0.1) is 17.7 Å². The van der Waals surface area contributed by atoms with Crippen molar-refractivity contribution in [3.05, 3.63) is 81.1 Å². The largest absolute Gasteiger partial charge is 0.494 e. The third kappa shape index (κ3) is 3.33. The van der Waals surface area contributed by atoms with Crippen molar-refractivity contribution in [1.82, 2.24) is 10.6 Å². The number of nitrogens with one attached hydrogen (secondary N) is 2. The highest BCUT2D eigenvalue weighted by molar-refractivity contribution is 6.33. The molecule has 37 heavy (non-hydrogen) atoms. The minimum Gasteiger partial charge on any atom is -0.494 e. The molecule has 8 heteroatoms. The molecule has 0 radical (unpaired) electrons. The van der Waals surface area contributed by atoms with Gasteiger partial charge in [0, 0.05) is 54.1 Å². The molecule has 1 saturated carbocycles. The molecule has 1 amide bonds. The van der Waals surface area contributed by atoms with E-state index in [0.29, 0.717) is 29.1 Å². The van der Waals surface area contributed by atoms with E-state index in [-0.39, 0.29) is 46.6 Å². The number of fused-ring (bicyclic) bond motifs is 3. The summed E-state index contributed by atoms with van der Waals surface area (Å²) >= 11 is 6.65. The van der Waals surface area contributed by atoms with Gasteiger partial charge < -0.3 is 20.1 Å². The fourth-order valence-electron chi connectivity index (χ4n) is 6.81. The van der Waals surface area contributed by atoms with E-state index in [2.05, 4.69) is 10.6 Å². The second kappa shape index (κ2) is 8.30. The summed E-state index contributed by atoms with van der Waals surface area (Å²) < 4.78 is 44.4. The standard InChI is InChI=1S/C29H27ClF2N2O3/c1-33-28(35)16-11-21-23(15-10-19(15)36-21)27(32)25(16)24-17-13-29(22-8-5-9-34-22,14-6-3-2-4-7-14)37-20(17)12-18(31)26(24)30/h2-4,6-7,12,15-16,19,22,34H,5,8-11,13H2,1H3,(H,33,35)/t15?,16?,19?,22-,29-/m0/s1. The third-order valence-electron chi connectivity index (χ3n) is 8.64. The molecule has 2 fully saturated rings. The van der Waals surface area contributed by atoms with Crippen LogP contribution in [0.3, 0.4) is 0 Å². The highest BCUT2D eigenvalue weighted by atomic mass is 35.5. The van der Waals surface area contributed by atoms with Crippen LogP contribution >= 0.6 is 11.6 Å². The summed E-state index contributed by atoms with van der Waals surface area (Å²) in [5.74, 6) is -1.59. The van der Waals surface area contributed by atoms with E-state index in [4.69, 9.17) is 21.1 Å². The third-order valence-corrected chi connectivity index (χ3v) is 9.01. The van der Waals surface area contributed by atoms with Crippen molar-refractivity contribution in [2.24, 2.45) is 11.8 Å². The lowest BCUT2D eigenvalue weighted by molar-refractivity contribution is -0.123. The summed E-state index contributed by atoms with van der Waals surface area (Å²) in [6, 6.07) is 11.2. The number of ether oxygens (including phenoxy) is 2. The van der Waals surface area contributed by atoms with E-state index < -0.39 is 23.2 Å². The minimum absolute atomic E-state index is 0.0123. The van der Waals surface area contributed by atoms with Crippen molar-refractivity contribution in [3.8, 4) is 5.75 Å². The van der Waals surface area contributed by atoms with Crippen LogP contribution in [0.4, 0.5) is 8.78 Å². The van der Waals surface area contributed by atoms with Gasteiger partial charge in [0.1, 0.15) is 29.3 Å². The molecule has 3 unspecified atom stereocenters. The average molecular weight is 525 g/mol. The van der Waals surface area contributed by atoms with Crippen LogP contribution in [0.25, 0.3) is 5.57 Å². The zero-order valence-corrected chi connectivity index (χ0v) is 21.1. The Morgan fingerprint density at radius 1 is 1.22 bits per heavy atom. The summed E-state index contributed by atoms with van der Waals surface area (Å²) in [6.45, 7) is 0.860. The first kappa shape index (κ1) is 23.2. The number of rotatable bonds is 4. The summed E-state index contributed by atoms with van der Waals surface area (Å²) in [6.07, 6.45) is 3.22. The number of carbonyl (C=O) groups excluding carboxylic acids is 1. The summed E-state index contributed by atoms with van der Waals surface area (Å²) in [5.41, 5.74) is 1.70. The fraction of sp³-hybridized carbons (Fsp3) is 0.414. The van der Waals surface area contributed by atoms with E-state index >= 15 is 8.78 Å². The molecule has 2 aromatic rings. The molecule has 0 spiro atoms. The van der Waals surface area contributed by atoms with Crippen molar-refractivity contribution >= 4 is 23.1 Å². The van der Waals surface area contributed by atoms with Crippen molar-refractivity contribution in [1.29, 1.82) is 0 Å². The van der Waals surface area contributed by atoms with Gasteiger partial charge in [-0.2, -0.15) is 0 Å². The van der Waals surface area contributed by atoms with Gasteiger partial charge in [0.15, 0.2) is 5.60 Å². The molecule has 0 aromatic heterocycles. The number of halogens is 3. The molecule has 0 bridgehead atoms. The lowest BCUT2D eigenvalue weighted by Crippen LogP contribution is -2.48. The Bertz CT molecular complexity index is 1390. The van der Waals surface area contributed by atoms with E-state index in [0.717, 1.165) is 31.4 Å². The molecule has 3 aliphatic heterocycles. The van der Waals surface area contributed by atoms with Crippen molar-refractivity contribution in [2.45, 2.75) is 49.9 Å². The van der Waals surface area contributed by atoms with Crippen LogP contribution in [0.2, 0.25) is 5.02 Å². The van der Waals surface area contributed by atoms with E-state index in [1.54, 1.807) is 0 Å². The normalized spacial score (nSPS) is 31.5. The predicted octanol–water partition coefficient (Wildman–Crippen LogP) is 5.18. The van der Waals surface area contributed by atoms with Gasteiger partial charge in [-0.05, 0) is 31.4 Å². The molecular formula is C29H27ClF2N2O3. The topological polar surface area (TPSA) is 59.6 Å². The quantitative estimate of drug-likeness (QED) is 0.578. The molecule has 7 rings (SSSR count).